The molecule has 246 valence electrons. The van der Waals surface area contributed by atoms with Gasteiger partial charge in [-0.25, -0.2) is 12.8 Å². The van der Waals surface area contributed by atoms with Crippen molar-refractivity contribution in [1.29, 1.82) is 0 Å². The summed E-state index contributed by atoms with van der Waals surface area (Å²) < 4.78 is 48.6. The molecule has 0 bridgehead atoms. The summed E-state index contributed by atoms with van der Waals surface area (Å²) in [4.78, 5) is 39.5. The first-order valence-corrected chi connectivity index (χ1v) is 16.1. The van der Waals surface area contributed by atoms with Gasteiger partial charge in [-0.1, -0.05) is 60.1 Å². The Bertz CT molecular complexity index is 1880. The third-order valence-corrected chi connectivity index (χ3v) is 9.43. The minimum absolute atomic E-state index is 0.0459. The lowest BCUT2D eigenvalue weighted by molar-refractivity contribution is -0.385. The second-order valence-electron chi connectivity index (χ2n) is 10.5. The highest BCUT2D eigenvalue weighted by Gasteiger charge is 2.36. The third kappa shape index (κ3) is 8.23. The molecule has 2 amide bonds. The van der Waals surface area contributed by atoms with E-state index in [-0.39, 0.29) is 35.0 Å². The first-order valence-electron chi connectivity index (χ1n) is 14.3. The minimum Gasteiger partial charge on any atom is -0.495 e. The SMILES string of the molecule is CNC(=O)[C@H](Cc1ccccc1)N(Cc1ccc(F)cc1)C(=O)CN(c1cc(Cl)ccc1OC)S(=O)(=O)c1ccc(C)c([N+](=O)[O-])c1. The van der Waals surface area contributed by atoms with Crippen LogP contribution in [0.3, 0.4) is 0 Å². The van der Waals surface area contributed by atoms with Crippen molar-refractivity contribution in [3.63, 3.8) is 0 Å². The molecule has 0 saturated carbocycles. The van der Waals surface area contributed by atoms with Gasteiger partial charge in [0.15, 0.2) is 0 Å². The first-order chi connectivity index (χ1) is 22.3. The molecule has 4 rings (SSSR count). The Morgan fingerprint density at radius 2 is 1.68 bits per heavy atom. The summed E-state index contributed by atoms with van der Waals surface area (Å²) in [5.41, 5.74) is 0.891. The van der Waals surface area contributed by atoms with Crippen molar-refractivity contribution in [2.24, 2.45) is 0 Å². The van der Waals surface area contributed by atoms with Crippen LogP contribution >= 0.6 is 11.6 Å². The summed E-state index contributed by atoms with van der Waals surface area (Å²) in [6, 6.07) is 20.7. The standard InChI is InChI=1S/C33H32ClFN4O7S/c1-22-9-15-27(19-28(22)39(42)43)47(44,45)38(29-18-25(34)12-16-31(29)46-3)21-32(40)37(20-24-10-13-26(35)14-11-24)30(33(41)36-2)17-23-7-5-4-6-8-23/h4-16,18-19,30H,17,20-21H2,1-3H3,(H,36,41)/t30-/m0/s1. The van der Waals surface area contributed by atoms with E-state index in [4.69, 9.17) is 16.3 Å². The number of nitro benzene ring substituents is 1. The maximum absolute atomic E-state index is 14.4. The molecule has 0 heterocycles. The summed E-state index contributed by atoms with van der Waals surface area (Å²) in [7, 11) is -1.98. The number of methoxy groups -OCH3 is 1. The molecule has 11 nitrogen and oxygen atoms in total. The molecule has 0 unspecified atom stereocenters. The van der Waals surface area contributed by atoms with Gasteiger partial charge in [0.25, 0.3) is 15.7 Å². The van der Waals surface area contributed by atoms with Gasteiger partial charge in [0.05, 0.1) is 22.6 Å². The predicted molar refractivity (Wildman–Crippen MR) is 175 cm³/mol. The van der Waals surface area contributed by atoms with Gasteiger partial charge in [0.1, 0.15) is 24.2 Å². The van der Waals surface area contributed by atoms with E-state index in [0.717, 1.165) is 15.9 Å². The highest BCUT2D eigenvalue weighted by Crippen LogP contribution is 2.36. The van der Waals surface area contributed by atoms with E-state index >= 15 is 0 Å². The fourth-order valence-corrected chi connectivity index (χ4v) is 6.56. The second-order valence-corrected chi connectivity index (χ2v) is 12.8. The van der Waals surface area contributed by atoms with Crippen molar-refractivity contribution in [2.75, 3.05) is 25.0 Å². The van der Waals surface area contributed by atoms with Gasteiger partial charge in [-0.2, -0.15) is 0 Å². The highest BCUT2D eigenvalue weighted by atomic mass is 35.5. The van der Waals surface area contributed by atoms with E-state index < -0.39 is 55.7 Å². The molecule has 0 saturated heterocycles. The quantitative estimate of drug-likeness (QED) is 0.149. The number of nitrogens with one attached hydrogen (secondary N) is 1. The van der Waals surface area contributed by atoms with Crippen LogP contribution in [0.1, 0.15) is 16.7 Å². The summed E-state index contributed by atoms with van der Waals surface area (Å²) in [6.45, 7) is 0.430. The number of sulfonamides is 1. The number of likely N-dealkylation sites (N-methyl/N-ethyl adjacent to an activating group) is 1. The van der Waals surface area contributed by atoms with Crippen LogP contribution in [-0.4, -0.2) is 56.8 Å². The zero-order chi connectivity index (χ0) is 34.3. The second kappa shape index (κ2) is 15.1. The zero-order valence-corrected chi connectivity index (χ0v) is 27.3. The molecular formula is C33H32ClFN4O7S. The molecular weight excluding hydrogens is 651 g/mol. The average molecular weight is 683 g/mol. The lowest BCUT2D eigenvalue weighted by atomic mass is 10.0. The number of nitro groups is 1. The highest BCUT2D eigenvalue weighted by molar-refractivity contribution is 7.92. The zero-order valence-electron chi connectivity index (χ0n) is 25.7. The van der Waals surface area contributed by atoms with E-state index in [1.807, 2.05) is 0 Å². The molecule has 0 fully saturated rings. The number of amides is 2. The molecule has 0 aliphatic heterocycles. The van der Waals surface area contributed by atoms with Gasteiger partial charge < -0.3 is 15.0 Å². The molecule has 0 spiro atoms. The largest absolute Gasteiger partial charge is 0.495 e. The number of hydrogen-bond donors (Lipinski definition) is 1. The van der Waals surface area contributed by atoms with E-state index in [9.17, 15) is 32.5 Å². The summed E-state index contributed by atoms with van der Waals surface area (Å²) in [5, 5.41) is 14.4. The van der Waals surface area contributed by atoms with Crippen LogP contribution in [0.2, 0.25) is 5.02 Å². The Labute approximate surface area is 276 Å². The number of rotatable bonds is 13. The average Bonchev–Trinajstić information content (AvgIpc) is 3.05. The van der Waals surface area contributed by atoms with Crippen molar-refractivity contribution in [3.8, 4) is 5.75 Å². The van der Waals surface area contributed by atoms with Crippen LogP contribution in [0.25, 0.3) is 0 Å². The molecule has 14 heteroatoms. The van der Waals surface area contributed by atoms with Gasteiger partial charge in [-0.05, 0) is 54.4 Å². The molecule has 4 aromatic carbocycles. The third-order valence-electron chi connectivity index (χ3n) is 7.44. The Kier molecular flexibility index (Phi) is 11.2. The number of nitrogens with zero attached hydrogens (tertiary/aromatic N) is 3. The molecule has 1 atom stereocenters. The van der Waals surface area contributed by atoms with Crippen molar-refractivity contribution in [2.45, 2.75) is 30.8 Å². The lowest BCUT2D eigenvalue weighted by Crippen LogP contribution is -2.53. The van der Waals surface area contributed by atoms with E-state index in [0.29, 0.717) is 5.56 Å². The van der Waals surface area contributed by atoms with Crippen LogP contribution in [0, 0.1) is 22.9 Å². The Morgan fingerprint density at radius 3 is 2.30 bits per heavy atom. The lowest BCUT2D eigenvalue weighted by Gasteiger charge is -2.34. The number of carbonyl (C=O) groups excluding carboxylic acids is 2. The maximum Gasteiger partial charge on any atom is 0.273 e. The van der Waals surface area contributed by atoms with Gasteiger partial charge >= 0.3 is 0 Å². The Hall–Kier alpha value is -5.01. The monoisotopic (exact) mass is 682 g/mol. The van der Waals surface area contributed by atoms with Crippen molar-refractivity contribution in [1.82, 2.24) is 10.2 Å². The fraction of sp³-hybridized carbons (Fsp3) is 0.212. The van der Waals surface area contributed by atoms with Crippen molar-refractivity contribution >= 4 is 44.8 Å². The summed E-state index contributed by atoms with van der Waals surface area (Å²) in [5.74, 6) is -1.78. The molecule has 47 heavy (non-hydrogen) atoms. The number of hydrogen-bond acceptors (Lipinski definition) is 7. The van der Waals surface area contributed by atoms with E-state index in [1.165, 1.54) is 80.6 Å². The van der Waals surface area contributed by atoms with Gasteiger partial charge in [0, 0.05) is 36.7 Å². The number of halogens is 2. The summed E-state index contributed by atoms with van der Waals surface area (Å²) >= 11 is 6.28. The minimum atomic E-state index is -4.70. The molecule has 0 aliphatic carbocycles. The van der Waals surface area contributed by atoms with Crippen LogP contribution < -0.4 is 14.4 Å². The Balaban J connectivity index is 1.87. The number of anilines is 1. The fourth-order valence-electron chi connectivity index (χ4n) is 4.95. The number of aryl methyl sites for hydroxylation is 1. The molecule has 4 aromatic rings. The van der Waals surface area contributed by atoms with Crippen molar-refractivity contribution < 1.29 is 32.1 Å². The Morgan fingerprint density at radius 1 is 1.00 bits per heavy atom. The summed E-state index contributed by atoms with van der Waals surface area (Å²) in [6.07, 6.45) is 0.0742. The molecule has 1 N–H and O–H groups in total. The molecule has 0 aliphatic rings. The maximum atomic E-state index is 14.4. The van der Waals surface area contributed by atoms with Gasteiger partial charge in [0.2, 0.25) is 11.8 Å². The van der Waals surface area contributed by atoms with Crippen LogP contribution in [0.4, 0.5) is 15.8 Å². The van der Waals surface area contributed by atoms with Crippen molar-refractivity contribution in [3.05, 3.63) is 129 Å². The van der Waals surface area contributed by atoms with Crippen LogP contribution in [0.5, 0.6) is 5.75 Å². The number of ether oxygens (including phenoxy) is 1. The van der Waals surface area contributed by atoms with Crippen LogP contribution in [0.15, 0.2) is 95.9 Å². The normalized spacial score (nSPS) is 11.8. The topological polar surface area (TPSA) is 139 Å². The number of benzene rings is 4. The number of carbonyl (C=O) groups is 2. The predicted octanol–water partition coefficient (Wildman–Crippen LogP) is 5.29. The van der Waals surface area contributed by atoms with E-state index in [2.05, 4.69) is 5.32 Å². The molecule has 0 radical (unpaired) electrons. The van der Waals surface area contributed by atoms with E-state index in [1.54, 1.807) is 30.3 Å². The van der Waals surface area contributed by atoms with Gasteiger partial charge in [-0.3, -0.25) is 24.0 Å². The smallest absolute Gasteiger partial charge is 0.273 e. The van der Waals surface area contributed by atoms with Crippen LogP contribution in [-0.2, 0) is 32.6 Å². The van der Waals surface area contributed by atoms with Gasteiger partial charge in [-0.15, -0.1) is 0 Å². The first kappa shape index (κ1) is 34.9. The molecule has 0 aromatic heterocycles.